The maximum atomic E-state index is 12.7. The molecule has 31 heavy (non-hydrogen) atoms. The molecular weight excluding hydrogens is 428 g/mol. The Labute approximate surface area is 192 Å². The summed E-state index contributed by atoms with van der Waals surface area (Å²) in [6.07, 6.45) is 4.70. The normalized spacial score (nSPS) is 18.7. The number of benzene rings is 2. The summed E-state index contributed by atoms with van der Waals surface area (Å²) in [5.74, 6) is 1.63. The smallest absolute Gasteiger partial charge is 0.230 e. The lowest BCUT2D eigenvalue weighted by atomic mass is 9.86. The average Bonchev–Trinajstić information content (AvgIpc) is 3.18. The van der Waals surface area contributed by atoms with E-state index in [1.54, 1.807) is 0 Å². The number of nitrogens with one attached hydrogen (secondary N) is 1. The Kier molecular flexibility index (Phi) is 6.98. The molecule has 2 aromatic carbocycles. The van der Waals surface area contributed by atoms with Gasteiger partial charge in [-0.2, -0.15) is 0 Å². The summed E-state index contributed by atoms with van der Waals surface area (Å²) in [7, 11) is 0. The largest absolute Gasteiger partial charge is 0.352 e. The SMILES string of the molecule is Cc1ccccc1-n1c(SCC(=O)N[C@H]2CCCC[C@@H]2C)nnc1-c1ccc(Cl)cc1. The molecule has 1 aromatic heterocycles. The molecule has 0 saturated heterocycles. The van der Waals surface area contributed by atoms with Gasteiger partial charge in [0.1, 0.15) is 0 Å². The summed E-state index contributed by atoms with van der Waals surface area (Å²) >= 11 is 7.49. The molecule has 1 N–H and O–H groups in total. The number of para-hydroxylation sites is 1. The molecule has 1 saturated carbocycles. The Hall–Kier alpha value is -2.31. The van der Waals surface area contributed by atoms with Gasteiger partial charge in [-0.1, -0.05) is 61.3 Å². The van der Waals surface area contributed by atoms with E-state index >= 15 is 0 Å². The maximum Gasteiger partial charge on any atom is 0.230 e. The molecule has 1 aliphatic carbocycles. The van der Waals surface area contributed by atoms with Crippen LogP contribution >= 0.6 is 23.4 Å². The Morgan fingerprint density at radius 2 is 1.87 bits per heavy atom. The molecule has 0 spiro atoms. The Morgan fingerprint density at radius 1 is 1.13 bits per heavy atom. The standard InChI is InChI=1S/C24H27ClN4OS/c1-16-7-3-5-9-20(16)26-22(30)15-31-24-28-27-23(18-11-13-19(25)14-12-18)29(24)21-10-6-4-8-17(21)2/h4,6,8,10-14,16,20H,3,5,7,9,15H2,1-2H3,(H,26,30)/t16-,20-/m0/s1. The van der Waals surface area contributed by atoms with Gasteiger partial charge in [-0.15, -0.1) is 10.2 Å². The van der Waals surface area contributed by atoms with E-state index in [-0.39, 0.29) is 11.9 Å². The first-order valence-corrected chi connectivity index (χ1v) is 12.1. The summed E-state index contributed by atoms with van der Waals surface area (Å²) in [6.45, 7) is 4.29. The first-order chi connectivity index (χ1) is 15.0. The lowest BCUT2D eigenvalue weighted by Gasteiger charge is -2.29. The van der Waals surface area contributed by atoms with Crippen molar-refractivity contribution in [1.29, 1.82) is 0 Å². The van der Waals surface area contributed by atoms with Crippen LogP contribution in [0.25, 0.3) is 17.1 Å². The number of halogens is 1. The van der Waals surface area contributed by atoms with Gasteiger partial charge in [0.15, 0.2) is 11.0 Å². The van der Waals surface area contributed by atoms with Crippen LogP contribution < -0.4 is 5.32 Å². The van der Waals surface area contributed by atoms with Crippen molar-refractivity contribution in [3.05, 3.63) is 59.1 Å². The molecular formula is C24H27ClN4OS. The highest BCUT2D eigenvalue weighted by Crippen LogP contribution is 2.30. The second kappa shape index (κ2) is 9.88. The Bertz CT molecular complexity index is 1050. The minimum absolute atomic E-state index is 0.0520. The zero-order valence-electron chi connectivity index (χ0n) is 17.8. The molecule has 7 heteroatoms. The Morgan fingerprint density at radius 3 is 2.61 bits per heavy atom. The quantitative estimate of drug-likeness (QED) is 0.486. The molecule has 2 atom stereocenters. The predicted octanol–water partition coefficient (Wildman–Crippen LogP) is 5.68. The summed E-state index contributed by atoms with van der Waals surface area (Å²) in [5.41, 5.74) is 3.04. The van der Waals surface area contributed by atoms with E-state index in [9.17, 15) is 4.79 Å². The van der Waals surface area contributed by atoms with E-state index in [0.717, 1.165) is 29.1 Å². The topological polar surface area (TPSA) is 59.8 Å². The van der Waals surface area contributed by atoms with Crippen molar-refractivity contribution in [2.24, 2.45) is 5.92 Å². The third-order valence-electron chi connectivity index (χ3n) is 5.88. The van der Waals surface area contributed by atoms with Crippen molar-refractivity contribution in [3.8, 4) is 17.1 Å². The van der Waals surface area contributed by atoms with Crippen LogP contribution in [0, 0.1) is 12.8 Å². The van der Waals surface area contributed by atoms with E-state index in [4.69, 9.17) is 11.6 Å². The van der Waals surface area contributed by atoms with Crippen molar-refractivity contribution in [1.82, 2.24) is 20.1 Å². The highest BCUT2D eigenvalue weighted by Gasteiger charge is 2.24. The van der Waals surface area contributed by atoms with Gasteiger partial charge in [0.25, 0.3) is 0 Å². The fourth-order valence-corrected chi connectivity index (χ4v) is 4.97. The van der Waals surface area contributed by atoms with Gasteiger partial charge in [0.05, 0.1) is 11.4 Å². The van der Waals surface area contributed by atoms with Crippen LogP contribution in [0.15, 0.2) is 53.7 Å². The third-order valence-corrected chi connectivity index (χ3v) is 7.06. The summed E-state index contributed by atoms with van der Waals surface area (Å²) in [6, 6.07) is 16.0. The van der Waals surface area contributed by atoms with E-state index in [1.807, 2.05) is 47.0 Å². The maximum absolute atomic E-state index is 12.7. The highest BCUT2D eigenvalue weighted by molar-refractivity contribution is 7.99. The lowest BCUT2D eigenvalue weighted by molar-refractivity contribution is -0.119. The number of carbonyl (C=O) groups is 1. The van der Waals surface area contributed by atoms with Crippen LogP contribution in [-0.4, -0.2) is 32.5 Å². The van der Waals surface area contributed by atoms with Gasteiger partial charge in [-0.25, -0.2) is 0 Å². The number of thioether (sulfide) groups is 1. The number of hydrogen-bond donors (Lipinski definition) is 1. The van der Waals surface area contributed by atoms with Crippen molar-refractivity contribution >= 4 is 29.3 Å². The Balaban J connectivity index is 1.58. The van der Waals surface area contributed by atoms with Gasteiger partial charge in [0.2, 0.25) is 5.91 Å². The molecule has 162 valence electrons. The number of amides is 1. The minimum Gasteiger partial charge on any atom is -0.352 e. The number of carbonyl (C=O) groups excluding carboxylic acids is 1. The molecule has 1 amide bonds. The number of hydrogen-bond acceptors (Lipinski definition) is 4. The molecule has 0 aliphatic heterocycles. The van der Waals surface area contributed by atoms with Crippen LogP contribution in [0.2, 0.25) is 5.02 Å². The van der Waals surface area contributed by atoms with E-state index < -0.39 is 0 Å². The second-order valence-electron chi connectivity index (χ2n) is 8.16. The van der Waals surface area contributed by atoms with Crippen LogP contribution in [0.3, 0.4) is 0 Å². The third kappa shape index (κ3) is 5.13. The molecule has 5 nitrogen and oxygen atoms in total. The van der Waals surface area contributed by atoms with Crippen LogP contribution in [0.5, 0.6) is 0 Å². The van der Waals surface area contributed by atoms with E-state index in [2.05, 4.69) is 35.4 Å². The monoisotopic (exact) mass is 454 g/mol. The fraction of sp³-hybridized carbons (Fsp3) is 0.375. The molecule has 4 rings (SSSR count). The molecule has 0 radical (unpaired) electrons. The van der Waals surface area contributed by atoms with Gasteiger partial charge in [0, 0.05) is 16.6 Å². The molecule has 0 unspecified atom stereocenters. The van der Waals surface area contributed by atoms with Gasteiger partial charge >= 0.3 is 0 Å². The molecule has 1 heterocycles. The van der Waals surface area contributed by atoms with Crippen molar-refractivity contribution in [3.63, 3.8) is 0 Å². The van der Waals surface area contributed by atoms with Crippen molar-refractivity contribution in [2.45, 2.75) is 50.7 Å². The van der Waals surface area contributed by atoms with E-state index in [1.165, 1.54) is 31.0 Å². The second-order valence-corrected chi connectivity index (χ2v) is 9.54. The van der Waals surface area contributed by atoms with Gasteiger partial charge in [-0.05, 0) is 61.6 Å². The number of nitrogens with zero attached hydrogens (tertiary/aromatic N) is 3. The molecule has 0 bridgehead atoms. The molecule has 1 fully saturated rings. The average molecular weight is 455 g/mol. The van der Waals surface area contributed by atoms with Crippen LogP contribution in [0.4, 0.5) is 0 Å². The van der Waals surface area contributed by atoms with Gasteiger partial charge in [-0.3, -0.25) is 9.36 Å². The van der Waals surface area contributed by atoms with Gasteiger partial charge < -0.3 is 5.32 Å². The van der Waals surface area contributed by atoms with Crippen LogP contribution in [-0.2, 0) is 4.79 Å². The first-order valence-electron chi connectivity index (χ1n) is 10.7. The highest BCUT2D eigenvalue weighted by atomic mass is 35.5. The molecule has 1 aliphatic rings. The zero-order valence-corrected chi connectivity index (χ0v) is 19.4. The first kappa shape index (κ1) is 21.9. The number of rotatable bonds is 6. The fourth-order valence-electron chi connectivity index (χ4n) is 4.09. The zero-order chi connectivity index (χ0) is 21.8. The van der Waals surface area contributed by atoms with Crippen LogP contribution in [0.1, 0.15) is 38.2 Å². The van der Waals surface area contributed by atoms with Crippen molar-refractivity contribution in [2.75, 3.05) is 5.75 Å². The minimum atomic E-state index is 0.0520. The van der Waals surface area contributed by atoms with Crippen molar-refractivity contribution < 1.29 is 4.79 Å². The number of aromatic nitrogens is 3. The predicted molar refractivity (Wildman–Crippen MR) is 127 cm³/mol. The lowest BCUT2D eigenvalue weighted by Crippen LogP contribution is -2.41. The summed E-state index contributed by atoms with van der Waals surface area (Å²) < 4.78 is 2.03. The number of aryl methyl sites for hydroxylation is 1. The summed E-state index contributed by atoms with van der Waals surface area (Å²) in [4.78, 5) is 12.7. The van der Waals surface area contributed by atoms with E-state index in [0.29, 0.717) is 21.8 Å². The molecule has 3 aromatic rings. The summed E-state index contributed by atoms with van der Waals surface area (Å²) in [5, 5.41) is 13.5.